The van der Waals surface area contributed by atoms with Crippen molar-refractivity contribution in [2.24, 2.45) is 0 Å². The predicted octanol–water partition coefficient (Wildman–Crippen LogP) is 3.76. The van der Waals surface area contributed by atoms with Crippen LogP contribution in [0.25, 0.3) is 0 Å². The average molecular weight is 393 g/mol. The highest BCUT2D eigenvalue weighted by Gasteiger charge is 2.59. The van der Waals surface area contributed by atoms with Gasteiger partial charge in [0.1, 0.15) is 16.1 Å². The first-order chi connectivity index (χ1) is 13.6. The monoisotopic (exact) mass is 393 g/mol. The average Bonchev–Trinajstić information content (AvgIpc) is 3.43. The van der Waals surface area contributed by atoms with Gasteiger partial charge in [0, 0.05) is 12.2 Å². The van der Waals surface area contributed by atoms with Gasteiger partial charge in [-0.15, -0.1) is 11.3 Å². The lowest BCUT2D eigenvalue weighted by Gasteiger charge is -2.34. The molecule has 28 heavy (non-hydrogen) atoms. The fraction of sp³-hybridized carbons (Fsp3) is 0.190. The molecule has 1 aromatic heterocycles. The minimum Gasteiger partial charge on any atom is -0.329 e. The van der Waals surface area contributed by atoms with Crippen molar-refractivity contribution in [1.29, 1.82) is 0 Å². The number of anilines is 1. The molecule has 140 valence electrons. The van der Waals surface area contributed by atoms with Crippen molar-refractivity contribution in [2.75, 3.05) is 11.9 Å². The molecule has 7 heteroatoms. The van der Waals surface area contributed by atoms with E-state index in [4.69, 9.17) is 0 Å². The molecule has 1 spiro atoms. The maximum atomic E-state index is 13.6. The van der Waals surface area contributed by atoms with E-state index in [-0.39, 0.29) is 17.6 Å². The number of aromatic nitrogens is 1. The summed E-state index contributed by atoms with van der Waals surface area (Å²) in [5, 5.41) is 2.97. The zero-order valence-electron chi connectivity index (χ0n) is 14.8. The van der Waals surface area contributed by atoms with Gasteiger partial charge < -0.3 is 10.2 Å². The number of amides is 2. The zero-order valence-corrected chi connectivity index (χ0v) is 15.6. The summed E-state index contributed by atoms with van der Waals surface area (Å²) in [5.41, 5.74) is 3.11. The van der Waals surface area contributed by atoms with Crippen LogP contribution in [0.3, 0.4) is 0 Å². The van der Waals surface area contributed by atoms with E-state index in [1.165, 1.54) is 23.5 Å². The molecule has 0 saturated carbocycles. The third-order valence-electron chi connectivity index (χ3n) is 5.68. The summed E-state index contributed by atoms with van der Waals surface area (Å²) in [6.45, 7) is 0.431. The van der Waals surface area contributed by atoms with Crippen molar-refractivity contribution in [3.05, 3.63) is 82.1 Å². The number of carbonyl (C=O) groups excluding carboxylic acids is 2. The molecule has 5 nitrogen and oxygen atoms in total. The van der Waals surface area contributed by atoms with Crippen LogP contribution < -0.4 is 5.32 Å². The van der Waals surface area contributed by atoms with Crippen LogP contribution in [0.4, 0.5) is 10.1 Å². The van der Waals surface area contributed by atoms with Gasteiger partial charge in [-0.05, 0) is 35.7 Å². The van der Waals surface area contributed by atoms with Crippen LogP contribution in [0.2, 0.25) is 0 Å². The Morgan fingerprint density at radius 3 is 2.75 bits per heavy atom. The number of fused-ring (bicyclic) bond motifs is 2. The third kappa shape index (κ3) is 2.32. The van der Waals surface area contributed by atoms with E-state index in [9.17, 15) is 14.0 Å². The van der Waals surface area contributed by atoms with Crippen molar-refractivity contribution in [3.8, 4) is 0 Å². The Kier molecular flexibility index (Phi) is 3.80. The molecule has 3 heterocycles. The number of carbonyl (C=O) groups is 2. The smallest absolute Gasteiger partial charge is 0.266 e. The highest BCUT2D eigenvalue weighted by molar-refractivity contribution is 7.11. The van der Waals surface area contributed by atoms with E-state index in [0.29, 0.717) is 17.8 Å². The summed E-state index contributed by atoms with van der Waals surface area (Å²) in [4.78, 5) is 32.7. The molecule has 0 unspecified atom stereocenters. The van der Waals surface area contributed by atoms with Gasteiger partial charge in [0.2, 0.25) is 5.91 Å². The number of nitrogens with zero attached hydrogens (tertiary/aromatic N) is 2. The summed E-state index contributed by atoms with van der Waals surface area (Å²) in [6, 6.07) is 13.1. The molecule has 5 rings (SSSR count). The number of likely N-dealkylation sites (tertiary alicyclic amines) is 1. The summed E-state index contributed by atoms with van der Waals surface area (Å²) in [5.74, 6) is -0.638. The number of nitrogens with one attached hydrogen (secondary N) is 1. The van der Waals surface area contributed by atoms with E-state index >= 15 is 0 Å². The number of hydrogen-bond acceptors (Lipinski definition) is 4. The van der Waals surface area contributed by atoms with Gasteiger partial charge in [0.25, 0.3) is 5.91 Å². The van der Waals surface area contributed by atoms with Crippen molar-refractivity contribution in [1.82, 2.24) is 9.88 Å². The highest BCUT2D eigenvalue weighted by Crippen LogP contribution is 2.55. The molecule has 1 N–H and O–H groups in total. The van der Waals surface area contributed by atoms with E-state index < -0.39 is 11.5 Å². The molecule has 2 atom stereocenters. The molecule has 2 aliphatic heterocycles. The summed E-state index contributed by atoms with van der Waals surface area (Å²) < 4.78 is 13.6. The normalized spacial score (nSPS) is 23.1. The molecule has 2 aliphatic rings. The van der Waals surface area contributed by atoms with E-state index in [1.54, 1.807) is 28.7 Å². The fourth-order valence-corrected chi connectivity index (χ4v) is 5.05. The molecular formula is C21H16FN3O2S. The SMILES string of the molecule is O=C(c1cncs1)N1CC[C@]2(C(=O)Nc3ccccc32)[C@@H]1c1ccc(F)cc1. The molecule has 0 aliphatic carbocycles. The van der Waals surface area contributed by atoms with Gasteiger partial charge in [-0.1, -0.05) is 30.3 Å². The zero-order chi connectivity index (χ0) is 19.3. The van der Waals surface area contributed by atoms with Crippen molar-refractivity contribution >= 4 is 28.8 Å². The second kappa shape index (κ2) is 6.24. The molecule has 0 radical (unpaired) electrons. The lowest BCUT2D eigenvalue weighted by molar-refractivity contribution is -0.121. The Balaban J connectivity index is 1.69. The number of para-hydroxylation sites is 1. The minimum atomic E-state index is -0.894. The Morgan fingerprint density at radius 1 is 1.21 bits per heavy atom. The first-order valence-electron chi connectivity index (χ1n) is 8.97. The maximum absolute atomic E-state index is 13.6. The lowest BCUT2D eigenvalue weighted by atomic mass is 9.72. The number of thiazole rings is 1. The van der Waals surface area contributed by atoms with E-state index in [2.05, 4.69) is 10.3 Å². The van der Waals surface area contributed by atoms with Crippen LogP contribution in [0.1, 0.15) is 33.3 Å². The van der Waals surface area contributed by atoms with Gasteiger partial charge in [-0.2, -0.15) is 0 Å². The predicted molar refractivity (Wildman–Crippen MR) is 104 cm³/mol. The number of hydrogen-bond donors (Lipinski definition) is 1. The van der Waals surface area contributed by atoms with Gasteiger partial charge in [0.05, 0.1) is 17.7 Å². The van der Waals surface area contributed by atoms with Crippen molar-refractivity contribution in [2.45, 2.75) is 17.9 Å². The lowest BCUT2D eigenvalue weighted by Crippen LogP contribution is -2.42. The minimum absolute atomic E-state index is 0.123. The van der Waals surface area contributed by atoms with Gasteiger partial charge in [-0.25, -0.2) is 4.39 Å². The Bertz CT molecular complexity index is 1070. The quantitative estimate of drug-likeness (QED) is 0.721. The Hall–Kier alpha value is -3.06. The molecule has 2 amide bonds. The van der Waals surface area contributed by atoms with Crippen molar-refractivity contribution in [3.63, 3.8) is 0 Å². The molecule has 1 fully saturated rings. The second-order valence-corrected chi connectivity index (χ2v) is 7.93. The summed E-state index contributed by atoms with van der Waals surface area (Å²) in [6.07, 6.45) is 2.05. The van der Waals surface area contributed by atoms with E-state index in [0.717, 1.165) is 16.8 Å². The Morgan fingerprint density at radius 2 is 2.00 bits per heavy atom. The molecule has 3 aromatic rings. The van der Waals surface area contributed by atoms with E-state index in [1.807, 2.05) is 24.3 Å². The summed E-state index contributed by atoms with van der Waals surface area (Å²) in [7, 11) is 0. The van der Waals surface area contributed by atoms with Gasteiger partial charge in [-0.3, -0.25) is 14.6 Å². The number of rotatable bonds is 2. The van der Waals surface area contributed by atoms with Crippen molar-refractivity contribution < 1.29 is 14.0 Å². The summed E-state index contributed by atoms with van der Waals surface area (Å²) >= 11 is 1.27. The second-order valence-electron chi connectivity index (χ2n) is 7.04. The molecule has 0 bridgehead atoms. The van der Waals surface area contributed by atoms with Gasteiger partial charge >= 0.3 is 0 Å². The van der Waals surface area contributed by atoms with Crippen LogP contribution >= 0.6 is 11.3 Å². The topological polar surface area (TPSA) is 62.3 Å². The Labute approximate surface area is 164 Å². The fourth-order valence-electron chi connectivity index (χ4n) is 4.48. The molecule has 1 saturated heterocycles. The third-order valence-corrected chi connectivity index (χ3v) is 6.44. The van der Waals surface area contributed by atoms with Crippen LogP contribution in [0, 0.1) is 5.82 Å². The van der Waals surface area contributed by atoms with Crippen LogP contribution in [-0.4, -0.2) is 28.2 Å². The first kappa shape index (κ1) is 17.1. The molecular weight excluding hydrogens is 377 g/mol. The molecule has 2 aromatic carbocycles. The number of benzene rings is 2. The largest absolute Gasteiger partial charge is 0.329 e. The highest BCUT2D eigenvalue weighted by atomic mass is 32.1. The van der Waals surface area contributed by atoms with Crippen LogP contribution in [-0.2, 0) is 10.2 Å². The maximum Gasteiger partial charge on any atom is 0.266 e. The number of halogens is 1. The van der Waals surface area contributed by atoms with Crippen LogP contribution in [0.5, 0.6) is 0 Å². The van der Waals surface area contributed by atoms with Gasteiger partial charge in [0.15, 0.2) is 0 Å². The first-order valence-corrected chi connectivity index (χ1v) is 9.85. The standard InChI is InChI=1S/C21H16FN3O2S/c22-14-7-5-13(6-8-14)18-21(15-3-1-2-4-16(15)24-20(21)27)9-10-25(18)19(26)17-11-23-12-28-17/h1-8,11-12,18H,9-10H2,(H,24,27)/t18-,21+/m0/s1. The van der Waals surface area contributed by atoms with Crippen LogP contribution in [0.15, 0.2) is 60.2 Å².